The maximum Gasteiger partial charge on any atom is 0.233 e. The molecule has 128 valence electrons. The van der Waals surface area contributed by atoms with E-state index in [0.29, 0.717) is 11.8 Å². The summed E-state index contributed by atoms with van der Waals surface area (Å²) in [4.78, 5) is 14.5. The van der Waals surface area contributed by atoms with Gasteiger partial charge in [-0.25, -0.2) is 0 Å². The quantitative estimate of drug-likeness (QED) is 0.799. The minimum Gasteiger partial charge on any atom is -0.339 e. The Morgan fingerprint density at radius 2 is 2.00 bits per heavy atom. The Bertz CT molecular complexity index is 710. The van der Waals surface area contributed by atoms with Crippen LogP contribution in [0.5, 0.6) is 0 Å². The fraction of sp³-hybridized carbons (Fsp3) is 0.500. The van der Waals surface area contributed by atoms with Crippen molar-refractivity contribution in [2.45, 2.75) is 44.3 Å². The smallest absolute Gasteiger partial charge is 0.233 e. The van der Waals surface area contributed by atoms with Gasteiger partial charge in [0.15, 0.2) is 11.0 Å². The number of nitrogens with zero attached hydrogens (tertiary/aromatic N) is 4. The molecule has 6 heteroatoms. The molecule has 5 nitrogen and oxygen atoms in total. The van der Waals surface area contributed by atoms with Gasteiger partial charge in [0.2, 0.25) is 5.91 Å². The molecule has 0 N–H and O–H groups in total. The lowest BCUT2D eigenvalue weighted by atomic mass is 10.0. The van der Waals surface area contributed by atoms with Crippen LogP contribution in [0.25, 0.3) is 11.4 Å². The first-order valence-corrected chi connectivity index (χ1v) is 9.43. The minimum absolute atomic E-state index is 0.201. The number of rotatable bonds is 4. The summed E-state index contributed by atoms with van der Waals surface area (Å²) < 4.78 is 1.96. The molecule has 2 aromatic rings. The van der Waals surface area contributed by atoms with Gasteiger partial charge in [0.25, 0.3) is 0 Å². The lowest BCUT2D eigenvalue weighted by Gasteiger charge is -2.33. The van der Waals surface area contributed by atoms with Crippen molar-refractivity contribution in [3.8, 4) is 11.4 Å². The van der Waals surface area contributed by atoms with E-state index in [2.05, 4.69) is 36.2 Å². The highest BCUT2D eigenvalue weighted by Gasteiger charge is 2.23. The van der Waals surface area contributed by atoms with Crippen LogP contribution in [0.15, 0.2) is 29.4 Å². The highest BCUT2D eigenvalue weighted by Crippen LogP contribution is 2.24. The first-order valence-electron chi connectivity index (χ1n) is 8.45. The average molecular weight is 344 g/mol. The Balaban J connectivity index is 1.66. The van der Waals surface area contributed by atoms with Crippen LogP contribution in [-0.4, -0.2) is 43.9 Å². The van der Waals surface area contributed by atoms with E-state index >= 15 is 0 Å². The van der Waals surface area contributed by atoms with E-state index in [1.54, 1.807) is 0 Å². The zero-order valence-corrected chi connectivity index (χ0v) is 15.3. The monoisotopic (exact) mass is 344 g/mol. The van der Waals surface area contributed by atoms with Crippen molar-refractivity contribution in [2.24, 2.45) is 7.05 Å². The molecule has 1 atom stereocenters. The second-order valence-corrected chi connectivity index (χ2v) is 7.39. The maximum atomic E-state index is 12.5. The van der Waals surface area contributed by atoms with Crippen molar-refractivity contribution in [3.63, 3.8) is 0 Å². The second kappa shape index (κ2) is 7.38. The molecule has 2 heterocycles. The third kappa shape index (κ3) is 3.64. The van der Waals surface area contributed by atoms with Crippen LogP contribution in [0.2, 0.25) is 0 Å². The molecule has 1 aromatic carbocycles. The number of aryl methyl sites for hydroxylation is 1. The van der Waals surface area contributed by atoms with Gasteiger partial charge in [0.05, 0.1) is 5.75 Å². The molecule has 3 rings (SSSR count). The molecule has 1 aliphatic heterocycles. The number of thioether (sulfide) groups is 1. The van der Waals surface area contributed by atoms with Gasteiger partial charge >= 0.3 is 0 Å². The van der Waals surface area contributed by atoms with E-state index in [1.165, 1.54) is 23.7 Å². The SMILES string of the molecule is Cc1ccc(-c2nnc(SCC(=O)N3CCCC[C@@H]3C)n2C)cc1. The molecular weight excluding hydrogens is 320 g/mol. The van der Waals surface area contributed by atoms with Gasteiger partial charge < -0.3 is 9.47 Å². The van der Waals surface area contributed by atoms with Gasteiger partial charge in [-0.1, -0.05) is 41.6 Å². The Labute approximate surface area is 147 Å². The lowest BCUT2D eigenvalue weighted by molar-refractivity contribution is -0.131. The number of hydrogen-bond donors (Lipinski definition) is 0. The standard InChI is InChI=1S/C18H24N4OS/c1-13-7-9-15(10-8-13)17-19-20-18(21(17)3)24-12-16(23)22-11-5-4-6-14(22)2/h7-10,14H,4-6,11-12H2,1-3H3/t14-/m0/s1. The van der Waals surface area contributed by atoms with E-state index in [-0.39, 0.29) is 5.91 Å². The van der Waals surface area contributed by atoms with Crippen molar-refractivity contribution < 1.29 is 4.79 Å². The molecule has 24 heavy (non-hydrogen) atoms. The van der Waals surface area contributed by atoms with E-state index in [9.17, 15) is 4.79 Å². The van der Waals surface area contributed by atoms with Gasteiger partial charge in [0.1, 0.15) is 0 Å². The van der Waals surface area contributed by atoms with Crippen LogP contribution in [0.4, 0.5) is 0 Å². The fourth-order valence-corrected chi connectivity index (χ4v) is 3.87. The Morgan fingerprint density at radius 3 is 2.71 bits per heavy atom. The van der Waals surface area contributed by atoms with Gasteiger partial charge in [0, 0.05) is 25.2 Å². The number of piperidine rings is 1. The molecule has 1 saturated heterocycles. The molecule has 1 aliphatic rings. The van der Waals surface area contributed by atoms with Gasteiger partial charge in [-0.05, 0) is 33.1 Å². The number of benzene rings is 1. The number of amides is 1. The van der Waals surface area contributed by atoms with Crippen molar-refractivity contribution >= 4 is 17.7 Å². The van der Waals surface area contributed by atoms with E-state index in [1.807, 2.05) is 28.6 Å². The molecular formula is C18H24N4OS. The Hall–Kier alpha value is -1.82. The summed E-state index contributed by atoms with van der Waals surface area (Å²) in [5.41, 5.74) is 2.26. The predicted molar refractivity (Wildman–Crippen MR) is 96.9 cm³/mol. The first kappa shape index (κ1) is 17.0. The number of aromatic nitrogens is 3. The summed E-state index contributed by atoms with van der Waals surface area (Å²) in [6.45, 7) is 5.09. The summed E-state index contributed by atoms with van der Waals surface area (Å²) >= 11 is 1.47. The fourth-order valence-electron chi connectivity index (χ4n) is 3.07. The van der Waals surface area contributed by atoms with Crippen LogP contribution < -0.4 is 0 Å². The number of hydrogen-bond acceptors (Lipinski definition) is 4. The first-order chi connectivity index (χ1) is 11.6. The molecule has 0 radical (unpaired) electrons. The number of likely N-dealkylation sites (tertiary alicyclic amines) is 1. The van der Waals surface area contributed by atoms with E-state index in [0.717, 1.165) is 35.9 Å². The normalized spacial score (nSPS) is 18.0. The van der Waals surface area contributed by atoms with Crippen molar-refractivity contribution in [3.05, 3.63) is 29.8 Å². The summed E-state index contributed by atoms with van der Waals surface area (Å²) in [5, 5.41) is 9.33. The average Bonchev–Trinajstić information content (AvgIpc) is 2.95. The highest BCUT2D eigenvalue weighted by atomic mass is 32.2. The van der Waals surface area contributed by atoms with Gasteiger partial charge in [-0.3, -0.25) is 4.79 Å². The molecule has 0 bridgehead atoms. The lowest BCUT2D eigenvalue weighted by Crippen LogP contribution is -2.42. The third-order valence-electron chi connectivity index (χ3n) is 4.59. The van der Waals surface area contributed by atoms with Crippen LogP contribution in [-0.2, 0) is 11.8 Å². The molecule has 0 aliphatic carbocycles. The highest BCUT2D eigenvalue weighted by molar-refractivity contribution is 7.99. The minimum atomic E-state index is 0.201. The zero-order valence-electron chi connectivity index (χ0n) is 14.5. The van der Waals surface area contributed by atoms with Crippen molar-refractivity contribution in [2.75, 3.05) is 12.3 Å². The largest absolute Gasteiger partial charge is 0.339 e. The molecule has 1 aromatic heterocycles. The third-order valence-corrected chi connectivity index (χ3v) is 5.60. The molecule has 1 amide bonds. The predicted octanol–water partition coefficient (Wildman–Crippen LogP) is 3.28. The molecule has 0 saturated carbocycles. The number of carbonyl (C=O) groups is 1. The Kier molecular flexibility index (Phi) is 5.23. The zero-order chi connectivity index (χ0) is 17.1. The van der Waals surface area contributed by atoms with Crippen molar-refractivity contribution in [1.82, 2.24) is 19.7 Å². The van der Waals surface area contributed by atoms with Crippen LogP contribution in [0.1, 0.15) is 31.7 Å². The van der Waals surface area contributed by atoms with Gasteiger partial charge in [-0.15, -0.1) is 10.2 Å². The summed E-state index contributed by atoms with van der Waals surface area (Å²) in [5.74, 6) is 1.45. The molecule has 0 unspecified atom stereocenters. The van der Waals surface area contributed by atoms with Crippen LogP contribution in [0, 0.1) is 6.92 Å². The number of carbonyl (C=O) groups excluding carboxylic acids is 1. The second-order valence-electron chi connectivity index (χ2n) is 6.45. The van der Waals surface area contributed by atoms with E-state index in [4.69, 9.17) is 0 Å². The maximum absolute atomic E-state index is 12.5. The van der Waals surface area contributed by atoms with Crippen LogP contribution in [0.3, 0.4) is 0 Å². The van der Waals surface area contributed by atoms with Crippen molar-refractivity contribution in [1.29, 1.82) is 0 Å². The van der Waals surface area contributed by atoms with Crippen LogP contribution >= 0.6 is 11.8 Å². The topological polar surface area (TPSA) is 51.0 Å². The summed E-state index contributed by atoms with van der Waals surface area (Å²) in [6.07, 6.45) is 3.45. The summed E-state index contributed by atoms with van der Waals surface area (Å²) in [6, 6.07) is 8.59. The summed E-state index contributed by atoms with van der Waals surface area (Å²) in [7, 11) is 1.95. The molecule has 0 spiro atoms. The van der Waals surface area contributed by atoms with E-state index < -0.39 is 0 Å². The molecule has 1 fully saturated rings. The Morgan fingerprint density at radius 1 is 1.25 bits per heavy atom. The van der Waals surface area contributed by atoms with Gasteiger partial charge in [-0.2, -0.15) is 0 Å².